The molecule has 1 N–H and O–H groups in total. The number of anilines is 1. The summed E-state index contributed by atoms with van der Waals surface area (Å²) in [5.41, 5.74) is 0.277. The zero-order valence-electron chi connectivity index (χ0n) is 12.7. The van der Waals surface area contributed by atoms with E-state index in [0.29, 0.717) is 11.7 Å². The normalized spacial score (nSPS) is 11.4. The van der Waals surface area contributed by atoms with Crippen molar-refractivity contribution in [3.05, 3.63) is 29.8 Å². The average Bonchev–Trinajstić information content (AvgIpc) is 2.44. The SMILES string of the molecule is O=C(CCCCC(S)CCS)Nc1ccccc1C(=O)[O-].[Na+]. The van der Waals surface area contributed by atoms with Crippen molar-refractivity contribution >= 4 is 42.8 Å². The molecule has 0 spiro atoms. The molecule has 1 atom stereocenters. The fourth-order valence-corrected chi connectivity index (χ4v) is 2.77. The second-order valence-electron chi connectivity index (χ2n) is 4.79. The first-order valence-corrected chi connectivity index (χ1v) is 8.08. The number of hydrogen-bond acceptors (Lipinski definition) is 5. The number of amides is 1. The van der Waals surface area contributed by atoms with Crippen LogP contribution in [-0.2, 0) is 4.79 Å². The van der Waals surface area contributed by atoms with E-state index < -0.39 is 5.97 Å². The van der Waals surface area contributed by atoms with Crippen molar-refractivity contribution in [1.29, 1.82) is 0 Å². The van der Waals surface area contributed by atoms with Crippen molar-refractivity contribution in [3.63, 3.8) is 0 Å². The van der Waals surface area contributed by atoms with Gasteiger partial charge in [0.15, 0.2) is 0 Å². The molecule has 0 aromatic heterocycles. The quantitative estimate of drug-likeness (QED) is 0.310. The first-order valence-electron chi connectivity index (χ1n) is 6.93. The molecule has 1 aromatic carbocycles. The summed E-state index contributed by atoms with van der Waals surface area (Å²) in [6, 6.07) is 6.23. The molecule has 1 aromatic rings. The molecule has 1 rings (SSSR count). The fraction of sp³-hybridized carbons (Fsp3) is 0.467. The molecule has 4 nitrogen and oxygen atoms in total. The molecule has 0 fully saturated rings. The van der Waals surface area contributed by atoms with Gasteiger partial charge in [0, 0.05) is 22.9 Å². The second kappa shape index (κ2) is 12.3. The number of carboxylic acids is 1. The van der Waals surface area contributed by atoms with Gasteiger partial charge < -0.3 is 15.2 Å². The molecule has 7 heteroatoms. The van der Waals surface area contributed by atoms with Gasteiger partial charge in [-0.15, -0.1) is 0 Å². The zero-order valence-corrected chi connectivity index (χ0v) is 16.5. The van der Waals surface area contributed by atoms with Crippen LogP contribution in [0.2, 0.25) is 0 Å². The van der Waals surface area contributed by atoms with Crippen molar-refractivity contribution in [3.8, 4) is 0 Å². The van der Waals surface area contributed by atoms with Crippen LogP contribution in [-0.4, -0.2) is 22.9 Å². The van der Waals surface area contributed by atoms with Crippen LogP contribution < -0.4 is 40.0 Å². The minimum atomic E-state index is -1.30. The Labute approximate surface area is 164 Å². The van der Waals surface area contributed by atoms with Crippen molar-refractivity contribution in [2.24, 2.45) is 0 Å². The van der Waals surface area contributed by atoms with Crippen LogP contribution in [0.15, 0.2) is 24.3 Å². The Bertz CT molecular complexity index is 486. The van der Waals surface area contributed by atoms with E-state index in [-0.39, 0.29) is 46.7 Å². The number of thiol groups is 2. The summed E-state index contributed by atoms with van der Waals surface area (Å²) in [6.45, 7) is 0. The van der Waals surface area contributed by atoms with Crippen LogP contribution in [0.3, 0.4) is 0 Å². The first kappa shape index (κ1) is 21.9. The van der Waals surface area contributed by atoms with Crippen LogP contribution in [0.4, 0.5) is 5.69 Å². The topological polar surface area (TPSA) is 69.2 Å². The van der Waals surface area contributed by atoms with E-state index in [9.17, 15) is 14.7 Å². The standard InChI is InChI=1S/C15H21NO3S2.Na/c17-14(8-4-1-5-11(21)9-10-20)16-13-7-3-2-6-12(13)15(18)19;/h2-3,6-7,11,20-21H,1,4-5,8-10H2,(H,16,17)(H,18,19);/q;+1/p-1. The number of nitrogens with one attached hydrogen (secondary N) is 1. The zero-order chi connectivity index (χ0) is 15.7. The molecule has 0 radical (unpaired) electrons. The number of carbonyl (C=O) groups excluding carboxylic acids is 2. The molecule has 0 aliphatic rings. The maximum absolute atomic E-state index is 11.8. The van der Waals surface area contributed by atoms with Crippen molar-refractivity contribution < 1.29 is 44.3 Å². The van der Waals surface area contributed by atoms with E-state index in [2.05, 4.69) is 30.6 Å². The van der Waals surface area contributed by atoms with E-state index in [1.165, 1.54) is 6.07 Å². The van der Waals surface area contributed by atoms with Gasteiger partial charge in [0.1, 0.15) is 0 Å². The minimum Gasteiger partial charge on any atom is -0.545 e. The smallest absolute Gasteiger partial charge is 0.545 e. The predicted octanol–water partition coefficient (Wildman–Crippen LogP) is -0.829. The summed E-state index contributed by atoms with van der Waals surface area (Å²) in [6.07, 6.45) is 3.94. The van der Waals surface area contributed by atoms with Gasteiger partial charge in [-0.25, -0.2) is 0 Å². The number of hydrogen-bond donors (Lipinski definition) is 3. The fourth-order valence-electron chi connectivity index (χ4n) is 1.94. The van der Waals surface area contributed by atoms with Gasteiger partial charge in [0.25, 0.3) is 0 Å². The third-order valence-corrected chi connectivity index (χ3v) is 3.85. The van der Waals surface area contributed by atoms with E-state index in [4.69, 9.17) is 0 Å². The molecular weight excluding hydrogens is 329 g/mol. The number of benzene rings is 1. The third-order valence-electron chi connectivity index (χ3n) is 3.07. The molecular formula is C15H20NNaO3S2. The molecule has 116 valence electrons. The van der Waals surface area contributed by atoms with E-state index in [0.717, 1.165) is 31.4 Å². The van der Waals surface area contributed by atoms with Gasteiger partial charge in [-0.3, -0.25) is 4.79 Å². The third kappa shape index (κ3) is 8.48. The molecule has 1 unspecified atom stereocenters. The maximum atomic E-state index is 11.8. The number of unbranched alkanes of at least 4 members (excludes halogenated alkanes) is 1. The second-order valence-corrected chi connectivity index (χ2v) is 5.97. The summed E-state index contributed by atoms with van der Waals surface area (Å²) in [4.78, 5) is 22.7. The summed E-state index contributed by atoms with van der Waals surface area (Å²) < 4.78 is 0. The molecule has 0 saturated heterocycles. The van der Waals surface area contributed by atoms with Crippen LogP contribution >= 0.6 is 25.3 Å². The van der Waals surface area contributed by atoms with E-state index in [1.54, 1.807) is 18.2 Å². The van der Waals surface area contributed by atoms with E-state index in [1.807, 2.05) is 0 Å². The Morgan fingerprint density at radius 2 is 1.86 bits per heavy atom. The minimum absolute atomic E-state index is 0. The first-order chi connectivity index (χ1) is 10.0. The Morgan fingerprint density at radius 3 is 2.50 bits per heavy atom. The largest absolute Gasteiger partial charge is 1.00 e. The molecule has 22 heavy (non-hydrogen) atoms. The Hall–Kier alpha value is -0.140. The molecule has 0 heterocycles. The average molecular weight is 349 g/mol. The monoisotopic (exact) mass is 349 g/mol. The van der Waals surface area contributed by atoms with Crippen LogP contribution in [0.5, 0.6) is 0 Å². The van der Waals surface area contributed by atoms with Crippen LogP contribution in [0, 0.1) is 0 Å². The van der Waals surface area contributed by atoms with Crippen molar-refractivity contribution in [1.82, 2.24) is 0 Å². The molecule has 0 aliphatic heterocycles. The number of carboxylic acid groups (broad SMARTS) is 1. The molecule has 0 bridgehead atoms. The summed E-state index contributed by atoms with van der Waals surface area (Å²) in [5.74, 6) is -0.668. The van der Waals surface area contributed by atoms with Gasteiger partial charge >= 0.3 is 29.6 Å². The van der Waals surface area contributed by atoms with Crippen molar-refractivity contribution in [2.75, 3.05) is 11.1 Å². The summed E-state index contributed by atoms with van der Waals surface area (Å²) in [5, 5.41) is 13.9. The summed E-state index contributed by atoms with van der Waals surface area (Å²) >= 11 is 8.58. The van der Waals surface area contributed by atoms with E-state index >= 15 is 0 Å². The van der Waals surface area contributed by atoms with Gasteiger partial charge in [0.05, 0.1) is 5.97 Å². The molecule has 1 amide bonds. The van der Waals surface area contributed by atoms with Gasteiger partial charge in [-0.05, 0) is 31.1 Å². The van der Waals surface area contributed by atoms with Crippen molar-refractivity contribution in [2.45, 2.75) is 37.4 Å². The van der Waals surface area contributed by atoms with Crippen LogP contribution in [0.1, 0.15) is 42.5 Å². The molecule has 0 saturated carbocycles. The number of carbonyl (C=O) groups is 2. The van der Waals surface area contributed by atoms with Crippen LogP contribution in [0.25, 0.3) is 0 Å². The predicted molar refractivity (Wildman–Crippen MR) is 89.1 cm³/mol. The number of para-hydroxylation sites is 1. The Morgan fingerprint density at radius 1 is 1.18 bits per heavy atom. The van der Waals surface area contributed by atoms with Gasteiger partial charge in [0.2, 0.25) is 5.91 Å². The Balaban J connectivity index is 0.00000441. The Kier molecular flexibility index (Phi) is 12.2. The van der Waals surface area contributed by atoms with Gasteiger partial charge in [-0.2, -0.15) is 25.3 Å². The number of rotatable bonds is 9. The summed E-state index contributed by atoms with van der Waals surface area (Å²) in [7, 11) is 0. The number of aromatic carboxylic acids is 1. The maximum Gasteiger partial charge on any atom is 1.00 e. The van der Waals surface area contributed by atoms with Gasteiger partial charge in [-0.1, -0.05) is 24.6 Å². The molecule has 0 aliphatic carbocycles.